The van der Waals surface area contributed by atoms with E-state index in [-0.39, 0.29) is 46.6 Å². The smallest absolute Gasteiger partial charge is 0.419 e. The Bertz CT molecular complexity index is 2680. The maximum absolute atomic E-state index is 16.7. The number of rotatable bonds is 14. The number of carbonyl (C=O) groups excluding carboxylic acids is 1. The molecule has 0 fully saturated rings. The summed E-state index contributed by atoms with van der Waals surface area (Å²) < 4.78 is 98.5. The molecule has 57 heavy (non-hydrogen) atoms. The van der Waals surface area contributed by atoms with Gasteiger partial charge in [-0.3, -0.25) is 10.1 Å². The molecule has 0 saturated carbocycles. The highest BCUT2D eigenvalue weighted by atomic mass is 32.2. The van der Waals surface area contributed by atoms with Crippen molar-refractivity contribution >= 4 is 44.4 Å². The molecule has 2 N–H and O–H groups in total. The number of nitrogens with zero attached hydrogens (tertiary/aromatic N) is 2. The summed E-state index contributed by atoms with van der Waals surface area (Å²) in [7, 11) is -8.76. The van der Waals surface area contributed by atoms with E-state index in [1.165, 1.54) is 65.1 Å². The van der Waals surface area contributed by atoms with Crippen LogP contribution >= 0.6 is 0 Å². The number of halogens is 2. The van der Waals surface area contributed by atoms with Crippen LogP contribution in [0, 0.1) is 13.8 Å². The second-order valence-corrected chi connectivity index (χ2v) is 16.5. The first-order chi connectivity index (χ1) is 27.2. The Labute approximate surface area is 330 Å². The number of nitrogens with one attached hydrogen (secondary N) is 2. The Balaban J connectivity index is 1.10. The zero-order chi connectivity index (χ0) is 40.5. The summed E-state index contributed by atoms with van der Waals surface area (Å²) in [6.07, 6.45) is 3.92. The van der Waals surface area contributed by atoms with Crippen molar-refractivity contribution in [2.45, 2.75) is 37.0 Å². The number of ketones is 1. The summed E-state index contributed by atoms with van der Waals surface area (Å²) in [6, 6.07) is 27.5. The second kappa shape index (κ2) is 15.6. The molecule has 3 heterocycles. The number of fused-ring (bicyclic) bond motifs is 2. The highest BCUT2D eigenvalue weighted by Crippen LogP contribution is 2.43. The van der Waals surface area contributed by atoms with Crippen molar-refractivity contribution in [3.63, 3.8) is 0 Å². The maximum Gasteiger partial charge on any atom is 0.639 e. The zero-order valence-electron chi connectivity index (χ0n) is 31.3. The fourth-order valence-corrected chi connectivity index (χ4v) is 9.23. The minimum absolute atomic E-state index is 0.132. The summed E-state index contributed by atoms with van der Waals surface area (Å²) in [4.78, 5) is 13.2. The van der Waals surface area contributed by atoms with Gasteiger partial charge in [0.2, 0.25) is 5.84 Å². The lowest BCUT2D eigenvalue weighted by Gasteiger charge is -2.37. The van der Waals surface area contributed by atoms with Crippen LogP contribution in [-0.2, 0) is 26.7 Å². The van der Waals surface area contributed by atoms with E-state index in [1.54, 1.807) is 31.2 Å². The van der Waals surface area contributed by atoms with Crippen molar-refractivity contribution in [2.75, 3.05) is 19.6 Å². The minimum Gasteiger partial charge on any atom is -0.419 e. The van der Waals surface area contributed by atoms with Crippen molar-refractivity contribution in [3.8, 4) is 11.5 Å². The molecule has 2 aliphatic heterocycles. The normalized spacial score (nSPS) is 14.7. The molecular formula is C41H39BF2N4O7S2. The van der Waals surface area contributed by atoms with Crippen molar-refractivity contribution in [1.82, 2.24) is 15.1 Å². The number of carbonyl (C=O) groups is 1. The van der Waals surface area contributed by atoms with Gasteiger partial charge in [-0.25, -0.2) is 0 Å². The monoisotopic (exact) mass is 812 g/mol. The highest BCUT2D eigenvalue weighted by molar-refractivity contribution is 7.87. The van der Waals surface area contributed by atoms with E-state index < -0.39 is 38.7 Å². The summed E-state index contributed by atoms with van der Waals surface area (Å²) in [5.41, 5.74) is 4.50. The molecular weight excluding hydrogens is 773 g/mol. The summed E-state index contributed by atoms with van der Waals surface area (Å²) in [5.74, 6) is -1.11. The van der Waals surface area contributed by atoms with E-state index in [0.29, 0.717) is 29.1 Å². The van der Waals surface area contributed by atoms with E-state index in [9.17, 15) is 21.6 Å². The number of benzene rings is 4. The lowest BCUT2D eigenvalue weighted by Crippen LogP contribution is -2.53. The largest absolute Gasteiger partial charge is 0.639 e. The van der Waals surface area contributed by atoms with Crippen LogP contribution in [-0.4, -0.2) is 64.0 Å². The lowest BCUT2D eigenvalue weighted by molar-refractivity contribution is -0.364. The number of Topliss-reactive ketones (excluding diaryl/α,β-unsaturated/α-hetero) is 1. The summed E-state index contributed by atoms with van der Waals surface area (Å²) in [6.45, 7) is 1.31. The Kier molecular flexibility index (Phi) is 10.8. The standard InChI is InChI=1S/C41H39BF2N4O7S2/c1-4-34-28(2)41-40(30-14-8-5-9-15-30)36-22-23-39(48(36)42(43,44)47(41)29(34)3)46-25-24-45-27-37(49)35-21-20-31(54-56(50,51)32-16-10-6-11-17-32)26-38(35)55-57(52,53)33-18-12-7-13-19-33/h5-23,26,45-46H,4,24-25,27H2,1-3H3. The van der Waals surface area contributed by atoms with Gasteiger partial charge in [0.25, 0.3) is 0 Å². The minimum atomic E-state index is -4.45. The molecule has 1 aromatic heterocycles. The predicted molar refractivity (Wildman–Crippen MR) is 214 cm³/mol. The van der Waals surface area contributed by atoms with E-state index >= 15 is 8.63 Å². The first-order valence-corrected chi connectivity index (χ1v) is 21.0. The van der Waals surface area contributed by atoms with Crippen molar-refractivity contribution in [3.05, 3.63) is 161 Å². The zero-order valence-corrected chi connectivity index (χ0v) is 32.9. The second-order valence-electron chi connectivity index (χ2n) is 13.4. The average molecular weight is 813 g/mol. The van der Waals surface area contributed by atoms with Gasteiger partial charge in [0.15, 0.2) is 11.5 Å². The molecule has 4 aromatic carbocycles. The third-order valence-electron chi connectivity index (χ3n) is 9.91. The molecule has 0 spiro atoms. The number of allylic oxidation sites excluding steroid dienone is 1. The van der Waals surface area contributed by atoms with Crippen LogP contribution in [0.4, 0.5) is 8.63 Å². The molecule has 294 valence electrons. The Morgan fingerprint density at radius 2 is 1.39 bits per heavy atom. The SMILES string of the molecule is CCc1c(C)c2n(c1C)[B-](F)(F)[N+]1=C(NCCNCC(=O)c3ccc(OS(=O)(=O)c4ccccc4)cc3OS(=O)(=O)c3ccccc3)C=CC1=C2c1ccccc1. The van der Waals surface area contributed by atoms with Crippen LogP contribution in [0.15, 0.2) is 137 Å². The molecule has 0 bridgehead atoms. The van der Waals surface area contributed by atoms with E-state index in [1.807, 2.05) is 44.2 Å². The molecule has 11 nitrogen and oxygen atoms in total. The fraction of sp³-hybridized carbons (Fsp3) is 0.171. The van der Waals surface area contributed by atoms with Gasteiger partial charge in [0.05, 0.1) is 24.4 Å². The summed E-state index contributed by atoms with van der Waals surface area (Å²) >= 11 is 0. The number of amidine groups is 1. The third-order valence-corrected chi connectivity index (χ3v) is 12.4. The van der Waals surface area contributed by atoms with Crippen LogP contribution < -0.4 is 19.0 Å². The van der Waals surface area contributed by atoms with E-state index in [4.69, 9.17) is 8.37 Å². The fourth-order valence-electron chi connectivity index (χ4n) is 7.33. The topological polar surface area (TPSA) is 136 Å². The number of aromatic nitrogens is 1. The van der Waals surface area contributed by atoms with Gasteiger partial charge in [-0.2, -0.15) is 16.8 Å². The molecule has 0 amide bonds. The maximum atomic E-state index is 16.7. The van der Waals surface area contributed by atoms with Crippen LogP contribution in [0.3, 0.4) is 0 Å². The molecule has 0 radical (unpaired) electrons. The Morgan fingerprint density at radius 3 is 2.00 bits per heavy atom. The number of hydrogen-bond acceptors (Lipinski definition) is 9. The molecule has 16 heteroatoms. The summed E-state index contributed by atoms with van der Waals surface area (Å²) in [5, 5.41) is 6.08. The van der Waals surface area contributed by atoms with Crippen LogP contribution in [0.25, 0.3) is 5.57 Å². The Hall–Kier alpha value is -5.84. The molecule has 7 rings (SSSR count). The third kappa shape index (κ3) is 7.55. The van der Waals surface area contributed by atoms with Gasteiger partial charge in [-0.1, -0.05) is 73.7 Å². The first kappa shape index (κ1) is 39.4. The number of hydrogen-bond donors (Lipinski definition) is 2. The van der Waals surface area contributed by atoms with Crippen LogP contribution in [0.1, 0.15) is 45.4 Å². The van der Waals surface area contributed by atoms with Crippen LogP contribution in [0.2, 0.25) is 0 Å². The van der Waals surface area contributed by atoms with Gasteiger partial charge in [-0.15, -0.1) is 0 Å². The van der Waals surface area contributed by atoms with E-state index in [2.05, 4.69) is 10.6 Å². The van der Waals surface area contributed by atoms with Gasteiger partial charge >= 0.3 is 27.2 Å². The van der Waals surface area contributed by atoms with Gasteiger partial charge in [-0.05, 0) is 85.1 Å². The first-order valence-electron chi connectivity index (χ1n) is 18.2. The highest BCUT2D eigenvalue weighted by Gasteiger charge is 2.50. The molecule has 0 saturated heterocycles. The Morgan fingerprint density at radius 1 is 0.789 bits per heavy atom. The van der Waals surface area contributed by atoms with Gasteiger partial charge < -0.3 is 31.3 Å². The molecule has 0 atom stereocenters. The van der Waals surface area contributed by atoms with Crippen molar-refractivity contribution < 1.29 is 43.1 Å². The molecule has 2 aliphatic rings. The molecule has 0 unspecified atom stereocenters. The van der Waals surface area contributed by atoms with Crippen molar-refractivity contribution in [1.29, 1.82) is 0 Å². The van der Waals surface area contributed by atoms with Crippen LogP contribution in [0.5, 0.6) is 11.5 Å². The molecule has 5 aromatic rings. The van der Waals surface area contributed by atoms with E-state index in [0.717, 1.165) is 27.2 Å². The lowest BCUT2D eigenvalue weighted by atomic mass is 9.85. The van der Waals surface area contributed by atoms with Gasteiger partial charge in [0, 0.05) is 30.0 Å². The molecule has 0 aliphatic carbocycles. The quantitative estimate of drug-likeness (QED) is 0.0579. The predicted octanol–water partition coefficient (Wildman–Crippen LogP) is 6.24. The van der Waals surface area contributed by atoms with Gasteiger partial charge in [0.1, 0.15) is 15.5 Å². The van der Waals surface area contributed by atoms with Crippen molar-refractivity contribution in [2.24, 2.45) is 0 Å². The average Bonchev–Trinajstić information content (AvgIpc) is 3.74.